The number of nitrogens with zero attached hydrogens (tertiary/aromatic N) is 2. The van der Waals surface area contributed by atoms with Crippen LogP contribution in [0.15, 0.2) is 12.5 Å². The van der Waals surface area contributed by atoms with Crippen LogP contribution in [-0.4, -0.2) is 29.7 Å². The molecule has 0 radical (unpaired) electrons. The third-order valence-electron chi connectivity index (χ3n) is 1.48. The lowest BCUT2D eigenvalue weighted by Crippen LogP contribution is -2.11. The van der Waals surface area contributed by atoms with E-state index in [0.717, 1.165) is 6.61 Å². The van der Waals surface area contributed by atoms with E-state index in [-0.39, 0.29) is 0 Å². The van der Waals surface area contributed by atoms with Gasteiger partial charge in [0.25, 0.3) is 0 Å². The summed E-state index contributed by atoms with van der Waals surface area (Å²) in [5.74, 6) is 0.662. The molecule has 1 rings (SSSR count). The molecule has 72 valence electrons. The van der Waals surface area contributed by atoms with Crippen LogP contribution in [0.25, 0.3) is 0 Å². The summed E-state index contributed by atoms with van der Waals surface area (Å²) in [5.41, 5.74) is 6.16. The first-order chi connectivity index (χ1) is 6.34. The van der Waals surface area contributed by atoms with Crippen LogP contribution in [0.3, 0.4) is 0 Å². The molecule has 13 heavy (non-hydrogen) atoms. The Kier molecular flexibility index (Phi) is 3.98. The molecule has 0 saturated heterocycles. The van der Waals surface area contributed by atoms with Gasteiger partial charge in [0.15, 0.2) is 5.82 Å². The number of nitrogens with two attached hydrogens (primary N) is 1. The summed E-state index contributed by atoms with van der Waals surface area (Å²) in [6, 6.07) is 0. The van der Waals surface area contributed by atoms with Gasteiger partial charge in [-0.1, -0.05) is 0 Å². The number of nitrogens with one attached hydrogen (secondary N) is 1. The van der Waals surface area contributed by atoms with Gasteiger partial charge in [-0.3, -0.25) is 0 Å². The van der Waals surface area contributed by atoms with Gasteiger partial charge in [0, 0.05) is 13.2 Å². The smallest absolute Gasteiger partial charge is 0.152 e. The number of rotatable bonds is 5. The van der Waals surface area contributed by atoms with Gasteiger partial charge < -0.3 is 15.8 Å². The molecule has 0 amide bonds. The van der Waals surface area contributed by atoms with E-state index in [1.807, 2.05) is 6.92 Å². The van der Waals surface area contributed by atoms with Crippen LogP contribution in [0.1, 0.15) is 6.92 Å². The van der Waals surface area contributed by atoms with E-state index >= 15 is 0 Å². The Hall–Kier alpha value is -1.36. The van der Waals surface area contributed by atoms with Crippen molar-refractivity contribution in [2.75, 3.05) is 30.8 Å². The lowest BCUT2D eigenvalue weighted by Gasteiger charge is -2.06. The van der Waals surface area contributed by atoms with Gasteiger partial charge in [0.2, 0.25) is 0 Å². The summed E-state index contributed by atoms with van der Waals surface area (Å²) in [6.07, 6.45) is 3.02. The zero-order valence-corrected chi connectivity index (χ0v) is 7.66. The van der Waals surface area contributed by atoms with Crippen LogP contribution in [0.2, 0.25) is 0 Å². The summed E-state index contributed by atoms with van der Waals surface area (Å²) < 4.78 is 5.15. The summed E-state index contributed by atoms with van der Waals surface area (Å²) in [4.78, 5) is 7.76. The SMILES string of the molecule is CCOCCNc1ncncc1N. The zero-order valence-electron chi connectivity index (χ0n) is 7.66. The second kappa shape index (κ2) is 5.31. The van der Waals surface area contributed by atoms with Crippen molar-refractivity contribution in [1.82, 2.24) is 9.97 Å². The average Bonchev–Trinajstić information content (AvgIpc) is 2.15. The number of hydrogen-bond acceptors (Lipinski definition) is 5. The standard InChI is InChI=1S/C8H14N4O/c1-2-13-4-3-11-8-7(9)5-10-6-12-8/h5-6H,2-4,9H2,1H3,(H,10,11,12). The molecule has 1 heterocycles. The minimum atomic E-state index is 0.555. The Bertz CT molecular complexity index is 254. The molecule has 0 fully saturated rings. The van der Waals surface area contributed by atoms with Crippen LogP contribution in [0, 0.1) is 0 Å². The Morgan fingerprint density at radius 1 is 1.62 bits per heavy atom. The van der Waals surface area contributed by atoms with E-state index in [0.29, 0.717) is 24.7 Å². The summed E-state index contributed by atoms with van der Waals surface area (Å²) >= 11 is 0. The van der Waals surface area contributed by atoms with Crippen molar-refractivity contribution in [2.45, 2.75) is 6.92 Å². The average molecular weight is 182 g/mol. The van der Waals surface area contributed by atoms with Crippen LogP contribution >= 0.6 is 0 Å². The molecule has 0 atom stereocenters. The van der Waals surface area contributed by atoms with Crippen molar-refractivity contribution >= 4 is 11.5 Å². The predicted molar refractivity (Wildman–Crippen MR) is 51.4 cm³/mol. The molecule has 3 N–H and O–H groups in total. The highest BCUT2D eigenvalue weighted by molar-refractivity contribution is 5.58. The van der Waals surface area contributed by atoms with Crippen molar-refractivity contribution in [3.05, 3.63) is 12.5 Å². The fourth-order valence-electron chi connectivity index (χ4n) is 0.874. The van der Waals surface area contributed by atoms with Crippen molar-refractivity contribution < 1.29 is 4.74 Å². The normalized spacial score (nSPS) is 9.92. The molecule has 5 nitrogen and oxygen atoms in total. The monoisotopic (exact) mass is 182 g/mol. The molecule has 0 bridgehead atoms. The van der Waals surface area contributed by atoms with Crippen LogP contribution < -0.4 is 11.1 Å². The molecule has 5 heteroatoms. The second-order valence-electron chi connectivity index (χ2n) is 2.45. The van der Waals surface area contributed by atoms with E-state index in [1.54, 1.807) is 6.20 Å². The van der Waals surface area contributed by atoms with E-state index < -0.39 is 0 Å². The molecule has 0 aliphatic heterocycles. The van der Waals surface area contributed by atoms with Gasteiger partial charge in [0.05, 0.1) is 18.5 Å². The van der Waals surface area contributed by atoms with Crippen molar-refractivity contribution in [3.8, 4) is 0 Å². The Morgan fingerprint density at radius 3 is 3.15 bits per heavy atom. The van der Waals surface area contributed by atoms with Crippen LogP contribution in [0.5, 0.6) is 0 Å². The Balaban J connectivity index is 2.32. The third kappa shape index (κ3) is 3.25. The summed E-state index contributed by atoms with van der Waals surface area (Å²) in [5, 5.41) is 3.05. The van der Waals surface area contributed by atoms with Gasteiger partial charge in [-0.25, -0.2) is 9.97 Å². The molecule has 0 unspecified atom stereocenters. The maximum atomic E-state index is 5.61. The Labute approximate surface area is 77.3 Å². The minimum absolute atomic E-state index is 0.555. The highest BCUT2D eigenvalue weighted by atomic mass is 16.5. The molecule has 0 aromatic carbocycles. The number of aromatic nitrogens is 2. The van der Waals surface area contributed by atoms with Gasteiger partial charge in [0.1, 0.15) is 6.33 Å². The third-order valence-corrected chi connectivity index (χ3v) is 1.48. The first kappa shape index (κ1) is 9.73. The number of ether oxygens (including phenoxy) is 1. The van der Waals surface area contributed by atoms with E-state index in [4.69, 9.17) is 10.5 Å². The number of hydrogen-bond donors (Lipinski definition) is 2. The lowest BCUT2D eigenvalue weighted by molar-refractivity contribution is 0.158. The lowest BCUT2D eigenvalue weighted by atomic mass is 10.5. The molecule has 0 saturated carbocycles. The maximum absolute atomic E-state index is 5.61. The predicted octanol–water partition coefficient (Wildman–Crippen LogP) is 0.507. The van der Waals surface area contributed by atoms with Crippen LogP contribution in [0.4, 0.5) is 11.5 Å². The van der Waals surface area contributed by atoms with Gasteiger partial charge in [-0.15, -0.1) is 0 Å². The highest BCUT2D eigenvalue weighted by Gasteiger charge is 1.97. The molecule has 1 aromatic heterocycles. The molecule has 0 aliphatic carbocycles. The quantitative estimate of drug-likeness (QED) is 0.649. The highest BCUT2D eigenvalue weighted by Crippen LogP contribution is 2.10. The fraction of sp³-hybridized carbons (Fsp3) is 0.500. The van der Waals surface area contributed by atoms with Gasteiger partial charge >= 0.3 is 0 Å². The van der Waals surface area contributed by atoms with E-state index in [2.05, 4.69) is 15.3 Å². The van der Waals surface area contributed by atoms with Crippen LogP contribution in [-0.2, 0) is 4.74 Å². The minimum Gasteiger partial charge on any atom is -0.394 e. The topological polar surface area (TPSA) is 73.1 Å². The van der Waals surface area contributed by atoms with Crippen molar-refractivity contribution in [2.24, 2.45) is 0 Å². The number of nitrogen functional groups attached to an aromatic ring is 1. The molecular weight excluding hydrogens is 168 g/mol. The summed E-state index contributed by atoms with van der Waals surface area (Å²) in [7, 11) is 0. The second-order valence-corrected chi connectivity index (χ2v) is 2.45. The zero-order chi connectivity index (χ0) is 9.52. The van der Waals surface area contributed by atoms with Crippen molar-refractivity contribution in [3.63, 3.8) is 0 Å². The molecular formula is C8H14N4O. The summed E-state index contributed by atoms with van der Waals surface area (Å²) in [6.45, 7) is 4.04. The first-order valence-electron chi connectivity index (χ1n) is 4.21. The largest absolute Gasteiger partial charge is 0.394 e. The molecule has 1 aromatic rings. The molecule has 0 aliphatic rings. The van der Waals surface area contributed by atoms with E-state index in [9.17, 15) is 0 Å². The first-order valence-corrected chi connectivity index (χ1v) is 4.21. The maximum Gasteiger partial charge on any atom is 0.152 e. The fourth-order valence-corrected chi connectivity index (χ4v) is 0.874. The van der Waals surface area contributed by atoms with Crippen molar-refractivity contribution in [1.29, 1.82) is 0 Å². The Morgan fingerprint density at radius 2 is 2.46 bits per heavy atom. The van der Waals surface area contributed by atoms with E-state index in [1.165, 1.54) is 6.33 Å². The number of anilines is 2. The molecule has 0 spiro atoms. The van der Waals surface area contributed by atoms with Gasteiger partial charge in [-0.2, -0.15) is 0 Å². The van der Waals surface area contributed by atoms with Gasteiger partial charge in [-0.05, 0) is 6.92 Å².